The molecule has 0 amide bonds. The molecule has 0 fully saturated rings. The Morgan fingerprint density at radius 2 is 1.36 bits per heavy atom. The van der Waals surface area contributed by atoms with Gasteiger partial charge in [-0.1, -0.05) is 92.2 Å². The third-order valence-corrected chi connectivity index (χ3v) is 7.05. The Kier molecular flexibility index (Phi) is 8.08. The minimum Gasteiger partial charge on any atom is -0.314 e. The van der Waals surface area contributed by atoms with Crippen LogP contribution in [0.1, 0.15) is 46.1 Å². The van der Waals surface area contributed by atoms with E-state index in [-0.39, 0.29) is 0 Å². The number of nitriles is 1. The number of hydrogen-bond donors (Lipinski definition) is 0. The van der Waals surface area contributed by atoms with E-state index in [1.807, 2.05) is 52.0 Å². The summed E-state index contributed by atoms with van der Waals surface area (Å²) in [5.74, 6) is 0. The van der Waals surface area contributed by atoms with Crippen LogP contribution < -0.4 is 4.90 Å². The van der Waals surface area contributed by atoms with Crippen LogP contribution in [0.5, 0.6) is 0 Å². The molecule has 36 heavy (non-hydrogen) atoms. The Morgan fingerprint density at radius 1 is 0.750 bits per heavy atom. The van der Waals surface area contributed by atoms with Crippen molar-refractivity contribution < 1.29 is 0 Å². The van der Waals surface area contributed by atoms with E-state index in [9.17, 15) is 5.26 Å². The first-order chi connectivity index (χ1) is 17.7. The van der Waals surface area contributed by atoms with Crippen LogP contribution in [0.2, 0.25) is 0 Å². The predicted octanol–water partition coefficient (Wildman–Crippen LogP) is 10.6. The van der Waals surface area contributed by atoms with Crippen LogP contribution in [0.4, 0.5) is 11.4 Å². The Morgan fingerprint density at radius 3 is 2.00 bits per heavy atom. The molecule has 0 saturated carbocycles. The van der Waals surface area contributed by atoms with Crippen molar-refractivity contribution in [2.24, 2.45) is 0 Å². The maximum atomic E-state index is 9.27. The first-order valence-corrected chi connectivity index (χ1v) is 13.6. The molecule has 5 aromatic carbocycles. The fraction of sp³-hybridized carbons (Fsp3) is 0.182. The third kappa shape index (κ3) is 4.50. The summed E-state index contributed by atoms with van der Waals surface area (Å²) >= 11 is 3.75. The predicted molar refractivity (Wildman–Crippen MR) is 160 cm³/mol. The van der Waals surface area contributed by atoms with Gasteiger partial charge in [0.1, 0.15) is 0 Å². The summed E-state index contributed by atoms with van der Waals surface area (Å²) in [5, 5.41) is 16.8. The average molecular weight is 536 g/mol. The normalized spacial score (nSPS) is 12.4. The average Bonchev–Trinajstić information content (AvgIpc) is 2.96. The number of hydrogen-bond acceptors (Lipinski definition) is 2. The van der Waals surface area contributed by atoms with E-state index in [0.29, 0.717) is 5.56 Å². The standard InChI is InChI=1S/C29H19BrN2.2C2H6/c30-26-16-10-20-9-15-25-27(17-11-21-8-14-24(26)28(20)29(21)25)32(22-4-2-1-3-5-22)23-12-6-19(18-31)7-13-23;2*1-2/h1-2,4,6-17H,3,5H2;2*1-2H3. The van der Waals surface area contributed by atoms with Gasteiger partial charge in [-0.2, -0.15) is 5.26 Å². The van der Waals surface area contributed by atoms with E-state index in [4.69, 9.17) is 0 Å². The maximum Gasteiger partial charge on any atom is 0.0991 e. The van der Waals surface area contributed by atoms with Gasteiger partial charge in [-0.15, -0.1) is 0 Å². The number of nitrogens with zero attached hydrogens (tertiary/aromatic N) is 2. The molecule has 0 spiro atoms. The molecular formula is C33H31BrN2. The summed E-state index contributed by atoms with van der Waals surface area (Å²) in [6.45, 7) is 8.00. The first-order valence-electron chi connectivity index (χ1n) is 12.8. The zero-order chi connectivity index (χ0) is 25.7. The molecule has 0 radical (unpaired) electrons. The second kappa shape index (κ2) is 11.4. The van der Waals surface area contributed by atoms with Crippen molar-refractivity contribution in [1.82, 2.24) is 0 Å². The number of benzene rings is 5. The van der Waals surface area contributed by atoms with Crippen molar-refractivity contribution in [3.63, 3.8) is 0 Å². The van der Waals surface area contributed by atoms with Gasteiger partial charge in [0, 0.05) is 21.2 Å². The number of halogens is 1. The fourth-order valence-corrected chi connectivity index (χ4v) is 5.33. The van der Waals surface area contributed by atoms with Crippen molar-refractivity contribution in [2.45, 2.75) is 40.5 Å². The highest BCUT2D eigenvalue weighted by Crippen LogP contribution is 2.44. The minimum absolute atomic E-state index is 0.673. The van der Waals surface area contributed by atoms with E-state index in [2.05, 4.69) is 93.7 Å². The molecular weight excluding hydrogens is 504 g/mol. The Balaban J connectivity index is 0.000000726. The van der Waals surface area contributed by atoms with E-state index < -0.39 is 0 Å². The molecule has 1 aliphatic carbocycles. The van der Waals surface area contributed by atoms with Crippen LogP contribution >= 0.6 is 15.9 Å². The van der Waals surface area contributed by atoms with Crippen LogP contribution in [-0.2, 0) is 0 Å². The number of allylic oxidation sites excluding steroid dienone is 4. The second-order valence-corrected chi connectivity index (χ2v) is 9.03. The van der Waals surface area contributed by atoms with E-state index >= 15 is 0 Å². The molecule has 6 rings (SSSR count). The quantitative estimate of drug-likeness (QED) is 0.215. The molecule has 0 atom stereocenters. The smallest absolute Gasteiger partial charge is 0.0991 e. The zero-order valence-electron chi connectivity index (χ0n) is 21.3. The van der Waals surface area contributed by atoms with Crippen molar-refractivity contribution in [3.8, 4) is 6.07 Å². The second-order valence-electron chi connectivity index (χ2n) is 8.17. The lowest BCUT2D eigenvalue weighted by molar-refractivity contribution is 0.919. The number of rotatable bonds is 3. The van der Waals surface area contributed by atoms with Crippen molar-refractivity contribution in [2.75, 3.05) is 4.90 Å². The molecule has 0 aliphatic heterocycles. The van der Waals surface area contributed by atoms with Gasteiger partial charge >= 0.3 is 0 Å². The highest BCUT2D eigenvalue weighted by molar-refractivity contribution is 9.10. The first kappa shape index (κ1) is 25.5. The molecule has 180 valence electrons. The van der Waals surface area contributed by atoms with Gasteiger partial charge in [0.05, 0.1) is 17.3 Å². The van der Waals surface area contributed by atoms with E-state index in [1.54, 1.807) is 0 Å². The van der Waals surface area contributed by atoms with Gasteiger partial charge in [-0.3, -0.25) is 0 Å². The molecule has 0 saturated heterocycles. The van der Waals surface area contributed by atoms with Crippen LogP contribution in [0.25, 0.3) is 32.3 Å². The van der Waals surface area contributed by atoms with Crippen LogP contribution in [0, 0.1) is 11.3 Å². The van der Waals surface area contributed by atoms with Gasteiger partial charge in [0.15, 0.2) is 0 Å². The van der Waals surface area contributed by atoms with Crippen molar-refractivity contribution in [1.29, 1.82) is 5.26 Å². The van der Waals surface area contributed by atoms with Crippen molar-refractivity contribution in [3.05, 3.63) is 107 Å². The van der Waals surface area contributed by atoms with Gasteiger partial charge in [-0.05, 0) is 82.2 Å². The van der Waals surface area contributed by atoms with Crippen LogP contribution in [0.15, 0.2) is 101 Å². The number of anilines is 2. The lowest BCUT2D eigenvalue weighted by Crippen LogP contribution is -2.17. The molecule has 1 aliphatic rings. The summed E-state index contributed by atoms with van der Waals surface area (Å²) in [7, 11) is 0. The zero-order valence-corrected chi connectivity index (χ0v) is 22.9. The molecule has 0 heterocycles. The van der Waals surface area contributed by atoms with Gasteiger partial charge < -0.3 is 4.90 Å². The molecule has 2 nitrogen and oxygen atoms in total. The van der Waals surface area contributed by atoms with Crippen LogP contribution in [-0.4, -0.2) is 0 Å². The Hall–Kier alpha value is -3.61. The summed E-state index contributed by atoms with van der Waals surface area (Å²) in [6.07, 6.45) is 8.56. The molecule has 0 bridgehead atoms. The summed E-state index contributed by atoms with van der Waals surface area (Å²) in [4.78, 5) is 2.35. The largest absolute Gasteiger partial charge is 0.314 e. The SMILES string of the molecule is CC.CC.N#Cc1ccc(N(C2=CC=CCC2)c2ccc3ccc4c(Br)ccc5ccc2c3c54)cc1. The molecule has 0 unspecified atom stereocenters. The Labute approximate surface area is 222 Å². The monoisotopic (exact) mass is 534 g/mol. The van der Waals surface area contributed by atoms with Crippen LogP contribution in [0.3, 0.4) is 0 Å². The summed E-state index contributed by atoms with van der Waals surface area (Å²) < 4.78 is 1.12. The molecule has 5 aromatic rings. The summed E-state index contributed by atoms with van der Waals surface area (Å²) in [6, 6.07) is 27.8. The van der Waals surface area contributed by atoms with Gasteiger partial charge in [-0.25, -0.2) is 0 Å². The lowest BCUT2D eigenvalue weighted by Gasteiger charge is -2.30. The van der Waals surface area contributed by atoms with E-state index in [0.717, 1.165) is 28.7 Å². The summed E-state index contributed by atoms with van der Waals surface area (Å²) in [5.41, 5.74) is 4.17. The minimum atomic E-state index is 0.673. The fourth-order valence-electron chi connectivity index (χ4n) is 4.87. The van der Waals surface area contributed by atoms with Gasteiger partial charge in [0.25, 0.3) is 0 Å². The lowest BCUT2D eigenvalue weighted by atomic mass is 9.93. The highest BCUT2D eigenvalue weighted by atomic mass is 79.9. The molecule has 0 N–H and O–H groups in total. The molecule has 0 aromatic heterocycles. The highest BCUT2D eigenvalue weighted by Gasteiger charge is 2.20. The topological polar surface area (TPSA) is 27.0 Å². The Bertz CT molecular complexity index is 1590. The molecule has 3 heteroatoms. The van der Waals surface area contributed by atoms with Crippen molar-refractivity contribution >= 4 is 59.6 Å². The van der Waals surface area contributed by atoms with E-state index in [1.165, 1.54) is 38.0 Å². The van der Waals surface area contributed by atoms with Gasteiger partial charge in [0.2, 0.25) is 0 Å². The maximum absolute atomic E-state index is 9.27. The third-order valence-electron chi connectivity index (χ3n) is 6.36.